The second-order valence-electron chi connectivity index (χ2n) is 6.50. The van der Waals surface area contributed by atoms with Crippen LogP contribution in [0.25, 0.3) is 0 Å². The Kier molecular flexibility index (Phi) is 8.09. The predicted molar refractivity (Wildman–Crippen MR) is 76.0 cm³/mol. The van der Waals surface area contributed by atoms with Crippen LogP contribution in [-0.4, -0.2) is 87.0 Å². The normalized spacial score (nSPS) is 30.5. The molecule has 0 aromatic carbocycles. The summed E-state index contributed by atoms with van der Waals surface area (Å²) in [4.78, 5) is 0.100. The van der Waals surface area contributed by atoms with Crippen LogP contribution >= 0.6 is 0 Å². The zero-order chi connectivity index (χ0) is 22.8. The number of halogens is 12. The largest absolute Gasteiger partial charge is 0.405 e. The van der Waals surface area contributed by atoms with E-state index in [0.29, 0.717) is 7.05 Å². The molecular formula is C13H18F12N4. The minimum atomic E-state index is -5.20. The van der Waals surface area contributed by atoms with Crippen molar-refractivity contribution in [3.05, 3.63) is 0 Å². The lowest BCUT2D eigenvalue weighted by atomic mass is 10.1. The summed E-state index contributed by atoms with van der Waals surface area (Å²) in [5.41, 5.74) is 0. The highest BCUT2D eigenvalue weighted by molar-refractivity contribution is 4.91. The third-order valence-electron chi connectivity index (χ3n) is 4.26. The first-order valence-electron chi connectivity index (χ1n) is 8.00. The molecule has 1 fully saturated rings. The van der Waals surface area contributed by atoms with Gasteiger partial charge in [0, 0.05) is 26.2 Å². The Morgan fingerprint density at radius 1 is 0.552 bits per heavy atom. The van der Waals surface area contributed by atoms with E-state index in [4.69, 9.17) is 0 Å². The molecule has 16 heteroatoms. The minimum Gasteiger partial charge on any atom is -0.303 e. The van der Waals surface area contributed by atoms with Crippen LogP contribution in [0.5, 0.6) is 0 Å². The van der Waals surface area contributed by atoms with Gasteiger partial charge in [0.2, 0.25) is 0 Å². The van der Waals surface area contributed by atoms with Crippen molar-refractivity contribution in [2.45, 2.75) is 48.9 Å². The number of hydrogen-bond acceptors (Lipinski definition) is 4. The summed E-state index contributed by atoms with van der Waals surface area (Å²) in [5, 5.41) is 4.38. The molecule has 4 atom stereocenters. The molecule has 1 rings (SSSR count). The fourth-order valence-electron chi connectivity index (χ4n) is 2.60. The summed E-state index contributed by atoms with van der Waals surface area (Å²) < 4.78 is 157. The van der Waals surface area contributed by atoms with Crippen molar-refractivity contribution in [2.24, 2.45) is 0 Å². The number of likely N-dealkylation sites (N-methyl/N-ethyl adjacent to an activating group) is 1. The van der Waals surface area contributed by atoms with Crippen LogP contribution in [0.4, 0.5) is 52.7 Å². The summed E-state index contributed by atoms with van der Waals surface area (Å²) >= 11 is 0. The fourth-order valence-corrected chi connectivity index (χ4v) is 2.60. The molecule has 1 heterocycles. The van der Waals surface area contributed by atoms with E-state index >= 15 is 0 Å². The molecule has 0 aliphatic carbocycles. The maximum Gasteiger partial charge on any atom is 0.405 e. The first kappa shape index (κ1) is 26.0. The molecule has 1 aliphatic rings. The Morgan fingerprint density at radius 2 is 0.897 bits per heavy atom. The van der Waals surface area contributed by atoms with Crippen molar-refractivity contribution in [3.8, 4) is 0 Å². The maximum atomic E-state index is 13.2. The van der Waals surface area contributed by atoms with E-state index in [-0.39, 0.29) is 4.90 Å². The van der Waals surface area contributed by atoms with Crippen LogP contribution in [0.15, 0.2) is 0 Å². The Labute approximate surface area is 157 Å². The van der Waals surface area contributed by atoms with Gasteiger partial charge in [-0.25, -0.2) is 0 Å². The van der Waals surface area contributed by atoms with E-state index in [2.05, 4.69) is 0 Å². The van der Waals surface area contributed by atoms with E-state index in [0.717, 1.165) is 0 Å². The minimum absolute atomic E-state index is 0.100. The van der Waals surface area contributed by atoms with E-state index in [1.54, 1.807) is 0 Å². The molecule has 0 radical (unpaired) electrons. The topological polar surface area (TPSA) is 39.3 Å². The van der Waals surface area contributed by atoms with Gasteiger partial charge in [-0.15, -0.1) is 0 Å². The Morgan fingerprint density at radius 3 is 1.24 bits per heavy atom. The third-order valence-corrected chi connectivity index (χ3v) is 4.26. The highest BCUT2D eigenvalue weighted by Crippen LogP contribution is 2.29. The molecule has 0 bridgehead atoms. The first-order valence-corrected chi connectivity index (χ1v) is 8.00. The molecule has 1 aliphatic heterocycles. The third kappa shape index (κ3) is 7.97. The van der Waals surface area contributed by atoms with Gasteiger partial charge in [0.15, 0.2) is 0 Å². The number of hydrogen-bond donors (Lipinski definition) is 3. The molecule has 174 valence electrons. The summed E-state index contributed by atoms with van der Waals surface area (Å²) in [6.07, 6.45) is -20.8. The number of nitrogens with one attached hydrogen (secondary N) is 3. The van der Waals surface area contributed by atoms with Crippen LogP contribution in [0, 0.1) is 0 Å². The summed E-state index contributed by atoms with van der Waals surface area (Å²) in [6.45, 7) is -5.91. The molecule has 3 N–H and O–H groups in total. The van der Waals surface area contributed by atoms with E-state index in [1.165, 1.54) is 16.0 Å². The number of nitrogens with zero attached hydrogens (tertiary/aromatic N) is 1. The lowest BCUT2D eigenvalue weighted by Gasteiger charge is -2.37. The zero-order valence-electron chi connectivity index (χ0n) is 14.6. The van der Waals surface area contributed by atoms with Crippen LogP contribution < -0.4 is 16.0 Å². The molecule has 0 amide bonds. The summed E-state index contributed by atoms with van der Waals surface area (Å²) in [5.74, 6) is 0. The van der Waals surface area contributed by atoms with Gasteiger partial charge in [-0.2, -0.15) is 52.7 Å². The van der Waals surface area contributed by atoms with Gasteiger partial charge in [0.05, 0.1) is 0 Å². The molecule has 0 aromatic rings. The summed E-state index contributed by atoms with van der Waals surface area (Å²) in [6, 6.07) is -11.1. The smallest absolute Gasteiger partial charge is 0.303 e. The van der Waals surface area contributed by atoms with Gasteiger partial charge in [-0.3, -0.25) is 4.90 Å². The molecule has 29 heavy (non-hydrogen) atoms. The van der Waals surface area contributed by atoms with Crippen LogP contribution in [0.3, 0.4) is 0 Å². The van der Waals surface area contributed by atoms with E-state index < -0.39 is 75.1 Å². The number of alkyl halides is 12. The molecule has 0 saturated carbocycles. The van der Waals surface area contributed by atoms with Crippen molar-refractivity contribution in [1.82, 2.24) is 20.9 Å². The predicted octanol–water partition coefficient (Wildman–Crippen LogP) is 2.42. The second kappa shape index (κ2) is 9.01. The van der Waals surface area contributed by atoms with Crippen LogP contribution in [0.2, 0.25) is 0 Å². The lowest BCUT2D eigenvalue weighted by Crippen LogP contribution is -2.63. The van der Waals surface area contributed by atoms with E-state index in [1.807, 2.05) is 0 Å². The zero-order valence-corrected chi connectivity index (χ0v) is 14.6. The average molecular weight is 458 g/mol. The van der Waals surface area contributed by atoms with Crippen molar-refractivity contribution in [1.29, 1.82) is 0 Å². The van der Waals surface area contributed by atoms with Crippen molar-refractivity contribution in [2.75, 3.05) is 33.2 Å². The van der Waals surface area contributed by atoms with Crippen molar-refractivity contribution < 1.29 is 52.7 Å². The van der Waals surface area contributed by atoms with E-state index in [9.17, 15) is 52.7 Å². The van der Waals surface area contributed by atoms with Gasteiger partial charge in [-0.05, 0) is 7.05 Å². The highest BCUT2D eigenvalue weighted by Gasteiger charge is 2.50. The fraction of sp³-hybridized carbons (Fsp3) is 1.00. The van der Waals surface area contributed by atoms with Gasteiger partial charge in [0.25, 0.3) is 0 Å². The SMILES string of the molecule is CN1CC(C(F)(F)F)NCC(C(F)(F)F)NCC(C(F)(F)F)NCC1C(F)(F)F. The molecule has 0 spiro atoms. The van der Waals surface area contributed by atoms with Gasteiger partial charge >= 0.3 is 24.7 Å². The monoisotopic (exact) mass is 458 g/mol. The standard InChI is InChI=1S/C13H18F12N4/c1-29-5-8(12(20,21)22)27-3-6(10(14,15)16)26-2-7(11(17,18)19)28-4-9(29)13(23,24)25/h6-9,26-28H,2-5H2,1H3. The molecule has 0 aromatic heterocycles. The average Bonchev–Trinajstić information content (AvgIpc) is 2.45. The first-order chi connectivity index (χ1) is 12.8. The van der Waals surface area contributed by atoms with Gasteiger partial charge in [-0.1, -0.05) is 0 Å². The van der Waals surface area contributed by atoms with Gasteiger partial charge in [0.1, 0.15) is 24.2 Å². The Hall–Kier alpha value is -1.00. The molecular weight excluding hydrogens is 440 g/mol. The second-order valence-corrected chi connectivity index (χ2v) is 6.50. The molecule has 1 saturated heterocycles. The Bertz CT molecular complexity index is 512. The van der Waals surface area contributed by atoms with Crippen LogP contribution in [0.1, 0.15) is 0 Å². The van der Waals surface area contributed by atoms with Crippen molar-refractivity contribution >= 4 is 0 Å². The molecule has 4 unspecified atom stereocenters. The molecule has 4 nitrogen and oxygen atoms in total. The quantitative estimate of drug-likeness (QED) is 0.488. The number of rotatable bonds is 0. The van der Waals surface area contributed by atoms with Gasteiger partial charge < -0.3 is 16.0 Å². The lowest BCUT2D eigenvalue weighted by molar-refractivity contribution is -0.201. The Balaban J connectivity index is 3.24. The van der Waals surface area contributed by atoms with Crippen molar-refractivity contribution in [3.63, 3.8) is 0 Å². The summed E-state index contributed by atoms with van der Waals surface area (Å²) in [7, 11) is 0.591. The highest BCUT2D eigenvalue weighted by atomic mass is 19.4. The van der Waals surface area contributed by atoms with Crippen LogP contribution in [-0.2, 0) is 0 Å². The maximum absolute atomic E-state index is 13.2.